The minimum atomic E-state index is 0.806. The van der Waals surface area contributed by atoms with Gasteiger partial charge in [-0.25, -0.2) is 9.97 Å². The zero-order valence-corrected chi connectivity index (χ0v) is 20.8. The minimum Gasteiger partial charge on any atom is -0.456 e. The standard InChI is InChI=1S/C32H22N4O2/c1-35-17-25(19-11-13-29-23(15-19)21-7-3-5-9-27(21)37-29)33-31(35)32-34-26(18-36(32)2)20-12-14-30-24(16-20)22-8-4-6-10-28(22)38-30/h3-18H,1-2H3. The molecule has 0 unspecified atom stereocenters. The first-order valence-corrected chi connectivity index (χ1v) is 12.5. The Morgan fingerprint density at radius 3 is 1.39 bits per heavy atom. The second-order valence-corrected chi connectivity index (χ2v) is 9.74. The average molecular weight is 495 g/mol. The number of hydrogen-bond acceptors (Lipinski definition) is 4. The van der Waals surface area contributed by atoms with Crippen LogP contribution in [-0.4, -0.2) is 19.1 Å². The maximum absolute atomic E-state index is 6.00. The van der Waals surface area contributed by atoms with E-state index in [0.717, 1.165) is 78.0 Å². The summed E-state index contributed by atoms with van der Waals surface area (Å²) in [5, 5.41) is 4.40. The second-order valence-electron chi connectivity index (χ2n) is 9.74. The van der Waals surface area contributed by atoms with Crippen LogP contribution >= 0.6 is 0 Å². The van der Waals surface area contributed by atoms with Gasteiger partial charge in [0.2, 0.25) is 0 Å². The fourth-order valence-corrected chi connectivity index (χ4v) is 5.40. The van der Waals surface area contributed by atoms with Crippen molar-refractivity contribution in [1.29, 1.82) is 0 Å². The van der Waals surface area contributed by atoms with E-state index in [0.29, 0.717) is 0 Å². The molecule has 0 amide bonds. The topological polar surface area (TPSA) is 61.9 Å². The third kappa shape index (κ3) is 3.07. The first-order valence-electron chi connectivity index (χ1n) is 12.5. The smallest absolute Gasteiger partial charge is 0.176 e. The number of imidazole rings is 2. The van der Waals surface area contributed by atoms with Gasteiger partial charge in [0.25, 0.3) is 0 Å². The Hall–Kier alpha value is -5.10. The molecule has 0 saturated heterocycles. The van der Waals surface area contributed by atoms with Crippen molar-refractivity contribution in [2.75, 3.05) is 0 Å². The highest BCUT2D eigenvalue weighted by Gasteiger charge is 2.18. The SMILES string of the molecule is Cn1cc(-c2ccc3oc4ccccc4c3c2)nc1-c1nc(-c2ccc3oc4ccccc4c3c2)cn1C. The van der Waals surface area contributed by atoms with Crippen LogP contribution in [-0.2, 0) is 14.1 Å². The van der Waals surface area contributed by atoms with Crippen LogP contribution in [0, 0.1) is 0 Å². The summed E-state index contributed by atoms with van der Waals surface area (Å²) < 4.78 is 16.1. The largest absolute Gasteiger partial charge is 0.456 e. The molecule has 4 aromatic carbocycles. The Morgan fingerprint density at radius 2 is 0.921 bits per heavy atom. The third-order valence-electron chi connectivity index (χ3n) is 7.30. The lowest BCUT2D eigenvalue weighted by atomic mass is 10.1. The van der Waals surface area contributed by atoms with Gasteiger partial charge in [-0.3, -0.25) is 0 Å². The number of rotatable bonds is 3. The fourth-order valence-electron chi connectivity index (χ4n) is 5.40. The third-order valence-corrected chi connectivity index (χ3v) is 7.30. The van der Waals surface area contributed by atoms with E-state index in [1.165, 1.54) is 0 Å². The molecule has 0 radical (unpaired) electrons. The molecule has 38 heavy (non-hydrogen) atoms. The van der Waals surface area contributed by atoms with Crippen molar-refractivity contribution in [2.45, 2.75) is 0 Å². The molecule has 6 nitrogen and oxygen atoms in total. The first kappa shape index (κ1) is 21.0. The number of benzene rings is 4. The van der Waals surface area contributed by atoms with Crippen molar-refractivity contribution < 1.29 is 8.83 Å². The Kier molecular flexibility index (Phi) is 4.26. The van der Waals surface area contributed by atoms with Crippen molar-refractivity contribution in [1.82, 2.24) is 19.1 Å². The van der Waals surface area contributed by atoms with Gasteiger partial charge < -0.3 is 18.0 Å². The molecule has 4 heterocycles. The molecule has 6 heteroatoms. The van der Waals surface area contributed by atoms with E-state index < -0.39 is 0 Å². The monoisotopic (exact) mass is 494 g/mol. The molecular formula is C32H22N4O2. The Labute approximate surface area is 217 Å². The summed E-state index contributed by atoms with van der Waals surface area (Å²) in [6.07, 6.45) is 4.10. The average Bonchev–Trinajstić information content (AvgIpc) is 3.70. The lowest BCUT2D eigenvalue weighted by molar-refractivity contribution is 0.668. The Bertz CT molecular complexity index is 2020. The van der Waals surface area contributed by atoms with E-state index in [2.05, 4.69) is 48.8 Å². The van der Waals surface area contributed by atoms with Gasteiger partial charge in [0.15, 0.2) is 11.6 Å². The summed E-state index contributed by atoms with van der Waals surface area (Å²) in [5.41, 5.74) is 7.41. The molecule has 8 rings (SSSR count). The summed E-state index contributed by atoms with van der Waals surface area (Å²) in [7, 11) is 4.02. The summed E-state index contributed by atoms with van der Waals surface area (Å²) >= 11 is 0. The summed E-state index contributed by atoms with van der Waals surface area (Å²) in [6.45, 7) is 0. The number of para-hydroxylation sites is 2. The van der Waals surface area contributed by atoms with Crippen molar-refractivity contribution in [2.24, 2.45) is 14.1 Å². The van der Waals surface area contributed by atoms with E-state index in [1.54, 1.807) is 0 Å². The molecule has 0 spiro atoms. The van der Waals surface area contributed by atoms with Gasteiger partial charge in [-0.1, -0.05) is 36.4 Å². The highest BCUT2D eigenvalue weighted by molar-refractivity contribution is 6.07. The molecule has 0 aliphatic heterocycles. The van der Waals surface area contributed by atoms with Gasteiger partial charge in [0, 0.05) is 59.2 Å². The fraction of sp³-hybridized carbons (Fsp3) is 0.0625. The van der Waals surface area contributed by atoms with Crippen LogP contribution in [0.4, 0.5) is 0 Å². The van der Waals surface area contributed by atoms with Gasteiger partial charge in [-0.15, -0.1) is 0 Å². The first-order chi connectivity index (χ1) is 18.6. The predicted molar refractivity (Wildman–Crippen MR) is 151 cm³/mol. The summed E-state index contributed by atoms with van der Waals surface area (Å²) in [5.74, 6) is 1.61. The molecule has 0 fully saturated rings. The number of fused-ring (bicyclic) bond motifs is 6. The zero-order chi connectivity index (χ0) is 25.4. The maximum atomic E-state index is 6.00. The minimum absolute atomic E-state index is 0.806. The number of aryl methyl sites for hydroxylation is 2. The molecule has 0 bridgehead atoms. The maximum Gasteiger partial charge on any atom is 0.176 e. The number of hydrogen-bond donors (Lipinski definition) is 0. The summed E-state index contributed by atoms with van der Waals surface area (Å²) in [6, 6.07) is 28.7. The number of nitrogens with zero attached hydrogens (tertiary/aromatic N) is 4. The highest BCUT2D eigenvalue weighted by atomic mass is 16.3. The highest BCUT2D eigenvalue weighted by Crippen LogP contribution is 2.35. The van der Waals surface area contributed by atoms with Gasteiger partial charge in [0.1, 0.15) is 22.3 Å². The lowest BCUT2D eigenvalue weighted by Gasteiger charge is -2.00. The van der Waals surface area contributed by atoms with Crippen LogP contribution in [0.2, 0.25) is 0 Å². The van der Waals surface area contributed by atoms with Gasteiger partial charge >= 0.3 is 0 Å². The van der Waals surface area contributed by atoms with E-state index >= 15 is 0 Å². The van der Waals surface area contributed by atoms with Crippen LogP contribution in [0.5, 0.6) is 0 Å². The van der Waals surface area contributed by atoms with E-state index in [1.807, 2.05) is 71.8 Å². The van der Waals surface area contributed by atoms with Gasteiger partial charge in [-0.05, 0) is 48.5 Å². The Morgan fingerprint density at radius 1 is 0.500 bits per heavy atom. The van der Waals surface area contributed by atoms with Crippen LogP contribution < -0.4 is 0 Å². The van der Waals surface area contributed by atoms with E-state index in [-0.39, 0.29) is 0 Å². The molecule has 0 aliphatic carbocycles. The zero-order valence-electron chi connectivity index (χ0n) is 20.8. The quantitative estimate of drug-likeness (QED) is 0.250. The molecule has 0 atom stereocenters. The molecular weight excluding hydrogens is 472 g/mol. The van der Waals surface area contributed by atoms with Crippen molar-refractivity contribution in [3.05, 3.63) is 97.3 Å². The molecule has 0 N–H and O–H groups in total. The molecule has 4 aromatic heterocycles. The van der Waals surface area contributed by atoms with Crippen LogP contribution in [0.3, 0.4) is 0 Å². The Balaban J connectivity index is 1.20. The lowest BCUT2D eigenvalue weighted by Crippen LogP contribution is -1.98. The van der Waals surface area contributed by atoms with Crippen LogP contribution in [0.1, 0.15) is 0 Å². The van der Waals surface area contributed by atoms with E-state index in [9.17, 15) is 0 Å². The predicted octanol–water partition coefficient (Wildman–Crippen LogP) is 7.95. The van der Waals surface area contributed by atoms with Crippen LogP contribution in [0.25, 0.3) is 78.0 Å². The van der Waals surface area contributed by atoms with Crippen molar-refractivity contribution in [3.8, 4) is 34.2 Å². The number of aromatic nitrogens is 4. The van der Waals surface area contributed by atoms with E-state index in [4.69, 9.17) is 18.8 Å². The summed E-state index contributed by atoms with van der Waals surface area (Å²) in [4.78, 5) is 10.0. The molecule has 8 aromatic rings. The second kappa shape index (κ2) is 7.70. The molecule has 0 saturated carbocycles. The van der Waals surface area contributed by atoms with Crippen molar-refractivity contribution >= 4 is 43.9 Å². The van der Waals surface area contributed by atoms with Crippen LogP contribution in [0.15, 0.2) is 106 Å². The molecule has 0 aliphatic rings. The van der Waals surface area contributed by atoms with Crippen molar-refractivity contribution in [3.63, 3.8) is 0 Å². The molecule has 182 valence electrons. The van der Waals surface area contributed by atoms with Gasteiger partial charge in [-0.2, -0.15) is 0 Å². The van der Waals surface area contributed by atoms with Gasteiger partial charge in [0.05, 0.1) is 11.4 Å². The normalized spacial score (nSPS) is 11.9. The number of furan rings is 2.